The van der Waals surface area contributed by atoms with Crippen molar-refractivity contribution in [3.8, 4) is 22.5 Å². The van der Waals surface area contributed by atoms with E-state index in [0.717, 1.165) is 17.6 Å². The normalized spacial score (nSPS) is 23.7. The number of aromatic nitrogens is 6. The average Bonchev–Trinajstić information content (AvgIpc) is 3.64. The van der Waals surface area contributed by atoms with E-state index in [9.17, 15) is 30.3 Å². The molecule has 0 radical (unpaired) electrons. The summed E-state index contributed by atoms with van der Waals surface area (Å²) in [6.07, 6.45) is -6.94. The second-order valence-electron chi connectivity index (χ2n) is 9.70. The number of aryl methyl sites for hydroxylation is 1. The lowest BCUT2D eigenvalue weighted by molar-refractivity contribution is -0.251. The van der Waals surface area contributed by atoms with Gasteiger partial charge in [-0.3, -0.25) is 0 Å². The number of benzene rings is 2. The summed E-state index contributed by atoms with van der Waals surface area (Å²) in [6.45, 7) is 1.47. The number of carboxylic acid groups (broad SMARTS) is 1. The molecule has 0 unspecified atom stereocenters. The minimum atomic E-state index is -1.91. The van der Waals surface area contributed by atoms with Crippen molar-refractivity contribution in [1.82, 2.24) is 29.8 Å². The van der Waals surface area contributed by atoms with Crippen molar-refractivity contribution in [3.05, 3.63) is 70.7 Å². The zero-order valence-electron chi connectivity index (χ0n) is 26.3. The molecule has 5 N–H and O–H groups in total. The number of ether oxygens (including phenoxy) is 1. The Morgan fingerprint density at radius 2 is 1.81 bits per heavy atom. The number of aliphatic carboxylic acids is 1. The van der Waals surface area contributed by atoms with Crippen LogP contribution < -0.4 is 0 Å². The van der Waals surface area contributed by atoms with E-state index in [1.165, 1.54) is 0 Å². The predicted molar refractivity (Wildman–Crippen MR) is 149 cm³/mol. The number of hydrogen-bond acceptors (Lipinski definition) is 10. The van der Waals surface area contributed by atoms with Crippen LogP contribution >= 0.6 is 11.6 Å². The van der Waals surface area contributed by atoms with E-state index >= 15 is 0 Å². The summed E-state index contributed by atoms with van der Waals surface area (Å²) in [6, 6.07) is 5.00. The Morgan fingerprint density at radius 1 is 1.10 bits per heavy atom. The van der Waals surface area contributed by atoms with E-state index < -0.39 is 43.2 Å². The minimum Gasteiger partial charge on any atom is -0.479 e. The van der Waals surface area contributed by atoms with Gasteiger partial charge < -0.3 is 34.8 Å². The monoisotopic (exact) mass is 602 g/mol. The van der Waals surface area contributed by atoms with Gasteiger partial charge in [0.05, 0.1) is 17.8 Å². The summed E-state index contributed by atoms with van der Waals surface area (Å²) in [4.78, 5) is 16.6. The molecule has 2 aromatic carbocycles. The highest BCUT2D eigenvalue weighted by Gasteiger charge is 2.48. The van der Waals surface area contributed by atoms with Crippen molar-refractivity contribution in [3.63, 3.8) is 0 Å². The van der Waals surface area contributed by atoms with E-state index in [2.05, 4.69) is 20.4 Å². The highest BCUT2D eigenvalue weighted by molar-refractivity contribution is 6.30. The van der Waals surface area contributed by atoms with Gasteiger partial charge >= 0.3 is 5.97 Å². The molecule has 1 fully saturated rings. The smallest absolute Gasteiger partial charge is 0.335 e. The largest absolute Gasteiger partial charge is 0.479 e. The third-order valence-electron chi connectivity index (χ3n) is 6.92. The number of rotatable bonds is 10. The van der Waals surface area contributed by atoms with E-state index in [1.807, 2.05) is 6.92 Å². The van der Waals surface area contributed by atoms with Crippen LogP contribution in [-0.2, 0) is 29.1 Å². The number of aliphatic hydroxyl groups is 4. The zero-order valence-corrected chi connectivity index (χ0v) is 23.1. The van der Waals surface area contributed by atoms with Crippen molar-refractivity contribution < 1.29 is 40.5 Å². The third kappa shape index (κ3) is 5.79. The molecule has 1 aliphatic heterocycles. The Balaban J connectivity index is 1.55. The lowest BCUT2D eigenvalue weighted by atomic mass is 9.98. The molecule has 0 bridgehead atoms. The molecule has 2 aromatic heterocycles. The van der Waals surface area contributed by atoms with Crippen LogP contribution in [0.3, 0.4) is 0 Å². The second-order valence-corrected chi connectivity index (χ2v) is 10.1. The molecule has 0 spiro atoms. The van der Waals surface area contributed by atoms with Crippen molar-refractivity contribution in [2.75, 3.05) is 0 Å². The van der Waals surface area contributed by atoms with Crippen LogP contribution in [0.2, 0.25) is 5.15 Å². The van der Waals surface area contributed by atoms with Crippen LogP contribution in [0.15, 0.2) is 48.4 Å². The molecule has 0 saturated carbocycles. The number of nitrogens with zero attached hydrogens (tertiary/aromatic N) is 6. The summed E-state index contributed by atoms with van der Waals surface area (Å²) in [7, 11) is 0. The van der Waals surface area contributed by atoms with Gasteiger partial charge in [0.15, 0.2) is 11.3 Å². The molecule has 4 aromatic rings. The van der Waals surface area contributed by atoms with Crippen LogP contribution in [-0.4, -0.2) is 85.7 Å². The van der Waals surface area contributed by atoms with Gasteiger partial charge in [0.2, 0.25) is 12.1 Å². The average molecular weight is 603 g/mol. The SMILES string of the molecule is [2H]c1c([2H])c(-c2ccccc2-c2nnn([C@@H]3O[C@H](C(=O)O)[C@@H](O)[C@H](O)[C@H]3O)n2)c([2H])c([2H])c1Cn1c(CCCC)nc(Cl)c1CO. The highest BCUT2D eigenvalue weighted by atomic mass is 35.5. The lowest BCUT2D eigenvalue weighted by Gasteiger charge is -2.37. The van der Waals surface area contributed by atoms with E-state index in [1.54, 1.807) is 28.8 Å². The van der Waals surface area contributed by atoms with E-state index in [-0.39, 0.29) is 63.9 Å². The van der Waals surface area contributed by atoms with Crippen LogP contribution in [0.4, 0.5) is 0 Å². The first-order valence-electron chi connectivity index (χ1n) is 15.2. The molecule has 5 rings (SSSR count). The number of aliphatic hydroxyl groups excluding tert-OH is 4. The van der Waals surface area contributed by atoms with Crippen LogP contribution in [0.25, 0.3) is 22.5 Å². The van der Waals surface area contributed by atoms with Gasteiger partial charge in [0.25, 0.3) is 0 Å². The fourth-order valence-electron chi connectivity index (χ4n) is 4.67. The first-order valence-corrected chi connectivity index (χ1v) is 13.5. The summed E-state index contributed by atoms with van der Waals surface area (Å²) in [5.41, 5.74) is 0.770. The Morgan fingerprint density at radius 3 is 2.48 bits per heavy atom. The molecule has 0 aliphatic carbocycles. The quantitative estimate of drug-likeness (QED) is 0.178. The number of tetrazole rings is 1. The predicted octanol–water partition coefficient (Wildman–Crippen LogP) is 1.80. The minimum absolute atomic E-state index is 0.0543. The van der Waals surface area contributed by atoms with Gasteiger partial charge in [-0.05, 0) is 28.3 Å². The Bertz CT molecular complexity index is 1740. The first kappa shape index (κ1) is 24.8. The highest BCUT2D eigenvalue weighted by Crippen LogP contribution is 2.32. The molecule has 1 aliphatic rings. The van der Waals surface area contributed by atoms with Gasteiger partial charge in [-0.15, -0.1) is 15.0 Å². The molecule has 3 heterocycles. The number of imidazole rings is 1. The van der Waals surface area contributed by atoms with Crippen LogP contribution in [0, 0.1) is 0 Å². The van der Waals surface area contributed by atoms with Gasteiger partial charge in [0, 0.05) is 18.5 Å². The number of hydrogen-bond donors (Lipinski definition) is 5. The zero-order chi connectivity index (χ0) is 33.4. The van der Waals surface area contributed by atoms with E-state index in [4.69, 9.17) is 21.8 Å². The van der Waals surface area contributed by atoms with Gasteiger partial charge in [0.1, 0.15) is 24.1 Å². The van der Waals surface area contributed by atoms with Crippen molar-refractivity contribution in [2.45, 2.75) is 70.0 Å². The topological polar surface area (TPSA) is 189 Å². The first-order chi connectivity index (χ1) is 21.9. The lowest BCUT2D eigenvalue weighted by Crippen LogP contribution is -2.58. The molecule has 0 amide bonds. The Labute approximate surface area is 251 Å². The molecule has 42 heavy (non-hydrogen) atoms. The number of carboxylic acids is 1. The standard InChI is InChI=1S/C28H31ClN6O7/c1-2-3-8-20-30-25(29)19(14-36)34(20)13-15-9-11-16(12-10-15)17-6-4-5-7-18(17)26-31-33-35(32-26)27-23(39)21(37)22(38)24(42-27)28(40)41/h4-7,9-12,21-24,27,36-39H,2-3,8,13-14H2,1H3,(H,40,41)/t21-,22-,23+,24-,27+/m0/s1/i9D,10D,11D,12D. The molecular formula is C28H31ClN6O7. The Kier molecular flexibility index (Phi) is 7.48. The maximum atomic E-state index is 11.5. The molecule has 5 atom stereocenters. The number of halogens is 1. The van der Waals surface area contributed by atoms with Crippen LogP contribution in [0.1, 0.15) is 48.6 Å². The summed E-state index contributed by atoms with van der Waals surface area (Å²) in [5.74, 6) is -1.12. The van der Waals surface area contributed by atoms with Crippen molar-refractivity contribution in [2.24, 2.45) is 0 Å². The summed E-state index contributed by atoms with van der Waals surface area (Å²) in [5, 5.41) is 62.1. The fraction of sp³-hybridized carbons (Fsp3) is 0.393. The maximum absolute atomic E-state index is 11.5. The van der Waals surface area contributed by atoms with Crippen molar-refractivity contribution >= 4 is 17.6 Å². The molecule has 1 saturated heterocycles. The maximum Gasteiger partial charge on any atom is 0.335 e. The van der Waals surface area contributed by atoms with Crippen LogP contribution in [0.5, 0.6) is 0 Å². The Hall–Kier alpha value is -3.72. The van der Waals surface area contributed by atoms with Gasteiger partial charge in [-0.25, -0.2) is 9.78 Å². The summed E-state index contributed by atoms with van der Waals surface area (Å²) < 4.78 is 42.3. The third-order valence-corrected chi connectivity index (χ3v) is 7.23. The fourth-order valence-corrected chi connectivity index (χ4v) is 4.93. The molecular weight excluding hydrogens is 568 g/mol. The van der Waals surface area contributed by atoms with Gasteiger partial charge in [-0.1, -0.05) is 73.4 Å². The van der Waals surface area contributed by atoms with E-state index in [0.29, 0.717) is 17.9 Å². The van der Waals surface area contributed by atoms with Crippen molar-refractivity contribution in [1.29, 1.82) is 0 Å². The summed E-state index contributed by atoms with van der Waals surface area (Å²) >= 11 is 6.26. The number of carbonyl (C=O) groups is 1. The molecule has 13 nitrogen and oxygen atoms in total. The molecule has 14 heteroatoms. The molecule has 222 valence electrons. The van der Waals surface area contributed by atoms with Gasteiger partial charge in [-0.2, -0.15) is 0 Å². The number of unbranched alkanes of at least 4 members (excludes halogenated alkanes) is 1. The second kappa shape index (κ2) is 12.7.